The van der Waals surface area contributed by atoms with E-state index in [0.717, 1.165) is 18.3 Å². The van der Waals surface area contributed by atoms with E-state index in [2.05, 4.69) is 44.3 Å². The van der Waals surface area contributed by atoms with Gasteiger partial charge in [0.05, 0.1) is 19.8 Å². The molecule has 40 heavy (non-hydrogen) atoms. The van der Waals surface area contributed by atoms with Crippen LogP contribution >= 0.6 is 0 Å². The predicted molar refractivity (Wildman–Crippen MR) is 165 cm³/mol. The zero-order chi connectivity index (χ0) is 29.6. The lowest BCUT2D eigenvalue weighted by atomic mass is 9.77. The van der Waals surface area contributed by atoms with Crippen molar-refractivity contribution >= 4 is 12.3 Å². The molecule has 1 fully saturated rings. The van der Waals surface area contributed by atoms with Crippen LogP contribution in [0.25, 0.3) is 0 Å². The predicted octanol–water partition coefficient (Wildman–Crippen LogP) is 7.83. The molecule has 0 aliphatic heterocycles. The second-order valence-corrected chi connectivity index (χ2v) is 11.6. The molecule has 1 aliphatic carbocycles. The van der Waals surface area contributed by atoms with E-state index in [1.807, 2.05) is 0 Å². The summed E-state index contributed by atoms with van der Waals surface area (Å²) < 4.78 is 10.7. The number of aliphatic hydroxyl groups excluding tert-OH is 1. The van der Waals surface area contributed by atoms with Crippen molar-refractivity contribution in [1.29, 1.82) is 0 Å². The summed E-state index contributed by atoms with van der Waals surface area (Å²) in [6.07, 6.45) is 18.8. The molecule has 0 saturated heterocycles. The number of aldehydes is 1. The van der Waals surface area contributed by atoms with Gasteiger partial charge in [-0.15, -0.1) is 0 Å². The maximum atomic E-state index is 11.7. The van der Waals surface area contributed by atoms with Crippen molar-refractivity contribution in [1.82, 2.24) is 0 Å². The van der Waals surface area contributed by atoms with Gasteiger partial charge in [0.1, 0.15) is 6.29 Å². The quantitative estimate of drug-likeness (QED) is 0.0813. The van der Waals surface area contributed by atoms with Gasteiger partial charge < -0.3 is 14.6 Å². The summed E-state index contributed by atoms with van der Waals surface area (Å²) in [6.45, 7) is 11.7. The number of benzene rings is 1. The highest BCUT2D eigenvalue weighted by Gasteiger charge is 2.22. The number of aliphatic hydroxyl groups is 1. The van der Waals surface area contributed by atoms with Crippen molar-refractivity contribution in [3.05, 3.63) is 59.7 Å². The van der Waals surface area contributed by atoms with Crippen LogP contribution in [0.4, 0.5) is 0 Å². The molecule has 0 spiro atoms. The number of aryl methyl sites for hydroxylation is 2. The highest BCUT2D eigenvalue weighted by molar-refractivity contribution is 5.86. The fourth-order valence-corrected chi connectivity index (χ4v) is 5.30. The zero-order valence-corrected chi connectivity index (χ0v) is 25.6. The van der Waals surface area contributed by atoms with Crippen LogP contribution in [-0.2, 0) is 31.9 Å². The molecule has 0 radical (unpaired) electrons. The Hall–Kier alpha value is -2.24. The molecule has 1 atom stereocenters. The first-order valence-electron chi connectivity index (χ1n) is 15.5. The van der Waals surface area contributed by atoms with E-state index in [1.165, 1.54) is 94.6 Å². The summed E-state index contributed by atoms with van der Waals surface area (Å²) in [6, 6.07) is 9.38. The van der Waals surface area contributed by atoms with Crippen molar-refractivity contribution in [2.75, 3.05) is 26.9 Å². The third-order valence-electron chi connectivity index (χ3n) is 7.94. The largest absolute Gasteiger partial charge is 0.462 e. The Morgan fingerprint density at radius 1 is 0.950 bits per heavy atom. The van der Waals surface area contributed by atoms with Crippen LogP contribution in [0.3, 0.4) is 0 Å². The minimum atomic E-state index is -0.291. The molecule has 1 saturated carbocycles. The monoisotopic (exact) mass is 556 g/mol. The van der Waals surface area contributed by atoms with Crippen LogP contribution in [0.15, 0.2) is 48.6 Å². The average Bonchev–Trinajstić information content (AvgIpc) is 2.97. The highest BCUT2D eigenvalue weighted by atomic mass is 16.5. The number of hydrogen-bond donors (Lipinski definition) is 1. The van der Waals surface area contributed by atoms with Crippen LogP contribution in [0.2, 0.25) is 0 Å². The van der Waals surface area contributed by atoms with E-state index in [-0.39, 0.29) is 24.1 Å². The van der Waals surface area contributed by atoms with E-state index in [1.54, 1.807) is 14.0 Å². The van der Waals surface area contributed by atoms with Crippen LogP contribution in [-0.4, -0.2) is 44.3 Å². The number of esters is 1. The number of unbranched alkanes of at least 4 members (excludes halogenated alkanes) is 3. The van der Waals surface area contributed by atoms with Crippen molar-refractivity contribution in [2.24, 2.45) is 17.8 Å². The smallest absolute Gasteiger partial charge is 0.333 e. The molecule has 1 unspecified atom stereocenters. The molecule has 0 bridgehead atoms. The normalized spacial score (nSPS) is 17.3. The maximum absolute atomic E-state index is 11.7. The lowest BCUT2D eigenvalue weighted by molar-refractivity contribution is -0.141. The zero-order valence-electron chi connectivity index (χ0n) is 25.6. The van der Waals surface area contributed by atoms with E-state index >= 15 is 0 Å². The summed E-state index contributed by atoms with van der Waals surface area (Å²) >= 11 is 0. The number of hydrogen-bond acceptors (Lipinski definition) is 5. The number of rotatable bonds is 19. The Labute approximate surface area is 244 Å². The van der Waals surface area contributed by atoms with Crippen LogP contribution < -0.4 is 0 Å². The molecular weight excluding hydrogens is 500 g/mol. The van der Waals surface area contributed by atoms with Gasteiger partial charge in [0.15, 0.2) is 0 Å². The molecule has 0 aromatic heterocycles. The van der Waals surface area contributed by atoms with E-state index in [0.29, 0.717) is 25.1 Å². The van der Waals surface area contributed by atoms with Gasteiger partial charge in [-0.2, -0.15) is 0 Å². The Balaban J connectivity index is 0.00000120. The van der Waals surface area contributed by atoms with Gasteiger partial charge in [0.2, 0.25) is 0 Å². The molecule has 5 heteroatoms. The Morgan fingerprint density at radius 2 is 1.50 bits per heavy atom. The summed E-state index contributed by atoms with van der Waals surface area (Å²) in [5.41, 5.74) is 3.68. The molecule has 0 heterocycles. The Bertz CT molecular complexity index is 836. The summed E-state index contributed by atoms with van der Waals surface area (Å²) in [5.74, 6) is 1.74. The van der Waals surface area contributed by atoms with Gasteiger partial charge in [-0.1, -0.05) is 95.7 Å². The van der Waals surface area contributed by atoms with Gasteiger partial charge in [0, 0.05) is 24.2 Å². The van der Waals surface area contributed by atoms with Crippen LogP contribution in [0, 0.1) is 17.8 Å². The first-order chi connectivity index (χ1) is 19.3. The van der Waals surface area contributed by atoms with Crippen molar-refractivity contribution in [3.8, 4) is 0 Å². The van der Waals surface area contributed by atoms with E-state index in [4.69, 9.17) is 14.6 Å². The minimum absolute atomic E-state index is 0.218. The van der Waals surface area contributed by atoms with Crippen molar-refractivity contribution in [2.45, 2.75) is 104 Å². The molecule has 5 nitrogen and oxygen atoms in total. The molecule has 1 aromatic carbocycles. The fourth-order valence-electron chi connectivity index (χ4n) is 5.30. The molecule has 226 valence electrons. The lowest BCUT2D eigenvalue weighted by Crippen LogP contribution is -2.21. The van der Waals surface area contributed by atoms with Crippen LogP contribution in [0.5, 0.6) is 0 Å². The Morgan fingerprint density at radius 3 is 1.95 bits per heavy atom. The standard InChI is InChI=1S/C31H50O3.C4H6O2/c1-5-6-7-10-26-13-15-27(16-14-26)11-8-9-12-28-17-19-29(20-18-28)21-22-30(23-33-4)24-34-31(32)25(2)3;1-4(2-5)3-6/h13-16,28-30H,2,5-12,17-24H2,1,3-4H3;2,6H,1,3H2. The molecule has 1 aliphatic rings. The van der Waals surface area contributed by atoms with Gasteiger partial charge in [0.25, 0.3) is 0 Å². The SMILES string of the molecule is C=C(C)C(=O)OCC(CCC1CCC(CCCCc2ccc(CCCCC)cc2)CC1)COC.C=C(C=O)CO. The molecule has 1 N–H and O–H groups in total. The van der Waals surface area contributed by atoms with Crippen molar-refractivity contribution < 1.29 is 24.2 Å². The van der Waals surface area contributed by atoms with E-state index in [9.17, 15) is 9.59 Å². The lowest BCUT2D eigenvalue weighted by Gasteiger charge is -2.29. The molecule has 1 aromatic rings. The molecule has 2 rings (SSSR count). The second-order valence-electron chi connectivity index (χ2n) is 11.6. The minimum Gasteiger partial charge on any atom is -0.462 e. The van der Waals surface area contributed by atoms with Gasteiger partial charge in [-0.3, -0.25) is 4.79 Å². The fraction of sp³-hybridized carbons (Fsp3) is 0.657. The van der Waals surface area contributed by atoms with Gasteiger partial charge in [-0.25, -0.2) is 4.79 Å². The third kappa shape index (κ3) is 16.8. The summed E-state index contributed by atoms with van der Waals surface area (Å²) in [4.78, 5) is 21.2. The van der Waals surface area contributed by atoms with Crippen LogP contribution in [0.1, 0.15) is 102 Å². The number of ether oxygens (including phenoxy) is 2. The first-order valence-corrected chi connectivity index (χ1v) is 15.5. The maximum Gasteiger partial charge on any atom is 0.333 e. The molecular formula is C35H56O5. The highest BCUT2D eigenvalue weighted by Crippen LogP contribution is 2.35. The Kier molecular flexibility index (Phi) is 20.1. The summed E-state index contributed by atoms with van der Waals surface area (Å²) in [5, 5.41) is 8.00. The molecule has 0 amide bonds. The first kappa shape index (κ1) is 35.8. The van der Waals surface area contributed by atoms with Gasteiger partial charge in [-0.05, 0) is 68.4 Å². The number of methoxy groups -OCH3 is 1. The topological polar surface area (TPSA) is 72.8 Å². The van der Waals surface area contributed by atoms with Gasteiger partial charge >= 0.3 is 5.97 Å². The average molecular weight is 557 g/mol. The van der Waals surface area contributed by atoms with Crippen molar-refractivity contribution in [3.63, 3.8) is 0 Å². The third-order valence-corrected chi connectivity index (χ3v) is 7.94. The number of carbonyl (C=O) groups excluding carboxylic acids is 2. The summed E-state index contributed by atoms with van der Waals surface area (Å²) in [7, 11) is 1.72. The number of carbonyl (C=O) groups is 2. The second kappa shape index (κ2) is 22.4. The van der Waals surface area contributed by atoms with E-state index < -0.39 is 0 Å².